The van der Waals surface area contributed by atoms with Gasteiger partial charge in [-0.3, -0.25) is 0 Å². The number of aryl methyl sites for hydroxylation is 1. The standard InChI is InChI=1S/C14H14ClNO/c1-9-5-3-8-13(10(9)2)17-14-11(15)6-4-7-12(14)16/h3-8H,16H2,1-2H3. The van der Waals surface area contributed by atoms with Crippen molar-refractivity contribution in [3.63, 3.8) is 0 Å². The Kier molecular flexibility index (Phi) is 3.25. The van der Waals surface area contributed by atoms with Crippen molar-refractivity contribution in [3.8, 4) is 11.5 Å². The number of hydrogen-bond acceptors (Lipinski definition) is 2. The Balaban J connectivity index is 2.42. The van der Waals surface area contributed by atoms with E-state index in [1.165, 1.54) is 5.56 Å². The Labute approximate surface area is 106 Å². The topological polar surface area (TPSA) is 35.2 Å². The highest BCUT2D eigenvalue weighted by Gasteiger charge is 2.09. The van der Waals surface area contributed by atoms with Crippen LogP contribution in [0.25, 0.3) is 0 Å². The third-order valence-corrected chi connectivity index (χ3v) is 3.06. The number of anilines is 1. The van der Waals surface area contributed by atoms with Crippen molar-refractivity contribution in [2.45, 2.75) is 13.8 Å². The third kappa shape index (κ3) is 2.37. The van der Waals surface area contributed by atoms with Gasteiger partial charge in [0.05, 0.1) is 10.7 Å². The average molecular weight is 248 g/mol. The molecule has 0 aromatic heterocycles. The molecular formula is C14H14ClNO. The minimum absolute atomic E-state index is 0.517. The van der Waals surface area contributed by atoms with Gasteiger partial charge in [-0.05, 0) is 43.2 Å². The Morgan fingerprint density at radius 1 is 1.06 bits per heavy atom. The maximum atomic E-state index is 6.07. The van der Waals surface area contributed by atoms with Gasteiger partial charge in [0.25, 0.3) is 0 Å². The number of rotatable bonds is 2. The molecule has 0 bridgehead atoms. The molecule has 0 saturated heterocycles. The number of ether oxygens (including phenoxy) is 1. The highest BCUT2D eigenvalue weighted by molar-refractivity contribution is 6.32. The lowest BCUT2D eigenvalue weighted by Crippen LogP contribution is -1.95. The Morgan fingerprint density at radius 2 is 1.76 bits per heavy atom. The lowest BCUT2D eigenvalue weighted by molar-refractivity contribution is 0.481. The molecule has 0 radical (unpaired) electrons. The number of nitrogens with two attached hydrogens (primary N) is 1. The van der Waals surface area contributed by atoms with Gasteiger partial charge in [0.1, 0.15) is 5.75 Å². The Morgan fingerprint density at radius 3 is 2.47 bits per heavy atom. The molecule has 0 unspecified atom stereocenters. The van der Waals surface area contributed by atoms with E-state index in [9.17, 15) is 0 Å². The summed E-state index contributed by atoms with van der Waals surface area (Å²) in [5.74, 6) is 1.30. The van der Waals surface area contributed by atoms with Crippen molar-refractivity contribution in [2.75, 3.05) is 5.73 Å². The summed E-state index contributed by atoms with van der Waals surface area (Å²) in [6.45, 7) is 4.05. The van der Waals surface area contributed by atoms with Crippen LogP contribution in [0.4, 0.5) is 5.69 Å². The van der Waals surface area contributed by atoms with Crippen molar-refractivity contribution in [3.05, 3.63) is 52.5 Å². The maximum absolute atomic E-state index is 6.07. The molecule has 0 saturated carbocycles. The van der Waals surface area contributed by atoms with E-state index in [-0.39, 0.29) is 0 Å². The summed E-state index contributed by atoms with van der Waals surface area (Å²) < 4.78 is 5.79. The van der Waals surface area contributed by atoms with Crippen molar-refractivity contribution in [1.82, 2.24) is 0 Å². The van der Waals surface area contributed by atoms with Crippen LogP contribution in [-0.4, -0.2) is 0 Å². The quantitative estimate of drug-likeness (QED) is 0.802. The summed E-state index contributed by atoms with van der Waals surface area (Å²) in [7, 11) is 0. The minimum atomic E-state index is 0.517. The third-order valence-electron chi connectivity index (χ3n) is 2.76. The van der Waals surface area contributed by atoms with E-state index in [1.807, 2.05) is 32.0 Å². The van der Waals surface area contributed by atoms with Crippen molar-refractivity contribution >= 4 is 17.3 Å². The Hall–Kier alpha value is -1.67. The maximum Gasteiger partial charge on any atom is 0.168 e. The summed E-state index contributed by atoms with van der Waals surface area (Å²) >= 11 is 6.07. The van der Waals surface area contributed by atoms with Crippen LogP contribution in [-0.2, 0) is 0 Å². The van der Waals surface area contributed by atoms with Crippen LogP contribution < -0.4 is 10.5 Å². The largest absolute Gasteiger partial charge is 0.453 e. The van der Waals surface area contributed by atoms with Gasteiger partial charge in [0.15, 0.2) is 5.75 Å². The van der Waals surface area contributed by atoms with Crippen molar-refractivity contribution in [2.24, 2.45) is 0 Å². The normalized spacial score (nSPS) is 10.3. The summed E-state index contributed by atoms with van der Waals surface area (Å²) in [6.07, 6.45) is 0. The lowest BCUT2D eigenvalue weighted by Gasteiger charge is -2.13. The molecule has 0 fully saturated rings. The van der Waals surface area contributed by atoms with Crippen LogP contribution >= 0.6 is 11.6 Å². The fourth-order valence-corrected chi connectivity index (χ4v) is 1.80. The van der Waals surface area contributed by atoms with E-state index in [4.69, 9.17) is 22.1 Å². The first-order valence-corrected chi connectivity index (χ1v) is 5.75. The first kappa shape index (κ1) is 11.8. The van der Waals surface area contributed by atoms with Crippen LogP contribution in [0, 0.1) is 13.8 Å². The molecule has 0 heterocycles. The van der Waals surface area contributed by atoms with Gasteiger partial charge < -0.3 is 10.5 Å². The van der Waals surface area contributed by atoms with Crippen molar-refractivity contribution in [1.29, 1.82) is 0 Å². The molecule has 2 nitrogen and oxygen atoms in total. The van der Waals surface area contributed by atoms with E-state index in [0.29, 0.717) is 16.5 Å². The molecule has 3 heteroatoms. The van der Waals surface area contributed by atoms with E-state index in [2.05, 4.69) is 0 Å². The Bertz CT molecular complexity index is 532. The monoisotopic (exact) mass is 247 g/mol. The lowest BCUT2D eigenvalue weighted by atomic mass is 10.1. The fourth-order valence-electron chi connectivity index (χ4n) is 1.58. The van der Waals surface area contributed by atoms with E-state index in [0.717, 1.165) is 11.3 Å². The van der Waals surface area contributed by atoms with E-state index >= 15 is 0 Å². The second-order valence-corrected chi connectivity index (χ2v) is 4.37. The molecule has 0 amide bonds. The highest BCUT2D eigenvalue weighted by atomic mass is 35.5. The summed E-state index contributed by atoms with van der Waals surface area (Å²) in [4.78, 5) is 0. The average Bonchev–Trinajstić information content (AvgIpc) is 2.29. The zero-order valence-corrected chi connectivity index (χ0v) is 10.6. The summed E-state index contributed by atoms with van der Waals surface area (Å²) in [5, 5.41) is 0.519. The molecular weight excluding hydrogens is 234 g/mol. The van der Waals surface area contributed by atoms with Crippen LogP contribution in [0.3, 0.4) is 0 Å². The SMILES string of the molecule is Cc1cccc(Oc2c(N)cccc2Cl)c1C. The summed E-state index contributed by atoms with van der Waals surface area (Å²) in [6, 6.07) is 11.2. The zero-order chi connectivity index (χ0) is 12.4. The van der Waals surface area contributed by atoms with Gasteiger partial charge in [-0.15, -0.1) is 0 Å². The number of benzene rings is 2. The molecule has 2 aromatic carbocycles. The molecule has 2 aromatic rings. The second kappa shape index (κ2) is 4.68. The molecule has 0 atom stereocenters. The first-order chi connectivity index (χ1) is 8.09. The fraction of sp³-hybridized carbons (Fsp3) is 0.143. The van der Waals surface area contributed by atoms with Crippen LogP contribution in [0.5, 0.6) is 11.5 Å². The van der Waals surface area contributed by atoms with Gasteiger partial charge in [-0.2, -0.15) is 0 Å². The van der Waals surface area contributed by atoms with Gasteiger partial charge in [-0.1, -0.05) is 29.8 Å². The van der Waals surface area contributed by atoms with Crippen LogP contribution in [0.15, 0.2) is 36.4 Å². The summed E-state index contributed by atoms with van der Waals surface area (Å²) in [5.41, 5.74) is 8.65. The molecule has 0 aliphatic carbocycles. The smallest absolute Gasteiger partial charge is 0.168 e. The van der Waals surface area contributed by atoms with Crippen molar-refractivity contribution < 1.29 is 4.74 Å². The second-order valence-electron chi connectivity index (χ2n) is 3.96. The molecule has 17 heavy (non-hydrogen) atoms. The predicted molar refractivity (Wildman–Crippen MR) is 71.9 cm³/mol. The molecule has 0 aliphatic heterocycles. The zero-order valence-electron chi connectivity index (χ0n) is 9.83. The predicted octanol–water partition coefficient (Wildman–Crippen LogP) is 4.33. The molecule has 0 aliphatic rings. The first-order valence-electron chi connectivity index (χ1n) is 5.37. The molecule has 2 N–H and O–H groups in total. The highest BCUT2D eigenvalue weighted by Crippen LogP contribution is 2.36. The number of hydrogen-bond donors (Lipinski definition) is 1. The molecule has 2 rings (SSSR count). The van der Waals surface area contributed by atoms with E-state index in [1.54, 1.807) is 18.2 Å². The number of halogens is 1. The number of para-hydroxylation sites is 1. The van der Waals surface area contributed by atoms with E-state index < -0.39 is 0 Å². The van der Waals surface area contributed by atoms with Gasteiger partial charge >= 0.3 is 0 Å². The van der Waals surface area contributed by atoms with Gasteiger partial charge in [-0.25, -0.2) is 0 Å². The van der Waals surface area contributed by atoms with Gasteiger partial charge in [0.2, 0.25) is 0 Å². The minimum Gasteiger partial charge on any atom is -0.453 e. The number of nitrogen functional groups attached to an aromatic ring is 1. The van der Waals surface area contributed by atoms with Crippen LogP contribution in [0.1, 0.15) is 11.1 Å². The van der Waals surface area contributed by atoms with Gasteiger partial charge in [0, 0.05) is 0 Å². The van der Waals surface area contributed by atoms with Crippen LogP contribution in [0.2, 0.25) is 5.02 Å². The molecule has 88 valence electrons. The molecule has 0 spiro atoms.